The van der Waals surface area contributed by atoms with E-state index < -0.39 is 0 Å². The van der Waals surface area contributed by atoms with Crippen LogP contribution in [0.3, 0.4) is 0 Å². The Morgan fingerprint density at radius 3 is 2.77 bits per heavy atom. The van der Waals surface area contributed by atoms with Crippen LogP contribution in [-0.4, -0.2) is 24.1 Å². The molecular weight excluding hydrogens is 344 g/mol. The third kappa shape index (κ3) is 5.46. The second-order valence-corrected chi connectivity index (χ2v) is 7.95. The van der Waals surface area contributed by atoms with Gasteiger partial charge in [-0.25, -0.2) is 9.98 Å². The van der Waals surface area contributed by atoms with Crippen molar-refractivity contribution in [3.63, 3.8) is 0 Å². The number of aliphatic imine (C=N–C) groups is 1. The number of rotatable bonds is 8. The normalized spacial score (nSPS) is 14.3. The Hall–Kier alpha value is -2.08. The summed E-state index contributed by atoms with van der Waals surface area (Å²) in [6.07, 6.45) is 2.59. The minimum Gasteiger partial charge on any atom is -0.493 e. The lowest BCUT2D eigenvalue weighted by atomic mass is 10.2. The number of guanidine groups is 1. The van der Waals surface area contributed by atoms with Crippen molar-refractivity contribution in [3.05, 3.63) is 45.4 Å². The van der Waals surface area contributed by atoms with Crippen molar-refractivity contribution in [2.45, 2.75) is 46.7 Å². The SMILES string of the molecule is CCNC(=NCc1ccccc1OCC1CC1)NCc1nc(C)c(C)s1. The van der Waals surface area contributed by atoms with E-state index in [1.165, 1.54) is 17.7 Å². The highest BCUT2D eigenvalue weighted by Crippen LogP contribution is 2.30. The minimum absolute atomic E-state index is 0.589. The first kappa shape index (κ1) is 18.7. The molecule has 6 heteroatoms. The predicted octanol–water partition coefficient (Wildman–Crippen LogP) is 3.80. The van der Waals surface area contributed by atoms with Gasteiger partial charge in [-0.2, -0.15) is 0 Å². The fourth-order valence-electron chi connectivity index (χ4n) is 2.55. The first-order valence-electron chi connectivity index (χ1n) is 9.31. The highest BCUT2D eigenvalue weighted by atomic mass is 32.1. The van der Waals surface area contributed by atoms with E-state index in [0.29, 0.717) is 13.1 Å². The Morgan fingerprint density at radius 1 is 1.27 bits per heavy atom. The predicted molar refractivity (Wildman–Crippen MR) is 108 cm³/mol. The highest BCUT2D eigenvalue weighted by molar-refractivity contribution is 7.11. The molecule has 140 valence electrons. The van der Waals surface area contributed by atoms with Gasteiger partial charge in [0.1, 0.15) is 10.8 Å². The Morgan fingerprint density at radius 2 is 2.08 bits per heavy atom. The second-order valence-electron chi connectivity index (χ2n) is 6.66. The van der Waals surface area contributed by atoms with Crippen molar-refractivity contribution >= 4 is 17.3 Å². The average Bonchev–Trinajstić information content (AvgIpc) is 3.41. The summed E-state index contributed by atoms with van der Waals surface area (Å²) in [5.41, 5.74) is 2.22. The number of aryl methyl sites for hydroxylation is 2. The second kappa shape index (κ2) is 9.03. The van der Waals surface area contributed by atoms with E-state index in [2.05, 4.69) is 35.5 Å². The maximum atomic E-state index is 5.98. The Kier molecular flexibility index (Phi) is 6.50. The molecule has 1 aromatic carbocycles. The summed E-state index contributed by atoms with van der Waals surface area (Å²) >= 11 is 1.73. The van der Waals surface area contributed by atoms with Crippen molar-refractivity contribution in [2.24, 2.45) is 10.9 Å². The molecule has 1 fully saturated rings. The fraction of sp³-hybridized carbons (Fsp3) is 0.500. The molecule has 1 heterocycles. The monoisotopic (exact) mass is 372 g/mol. The summed E-state index contributed by atoms with van der Waals surface area (Å²) in [5, 5.41) is 7.75. The summed E-state index contributed by atoms with van der Waals surface area (Å²) < 4.78 is 5.98. The first-order valence-corrected chi connectivity index (χ1v) is 10.1. The third-order valence-electron chi connectivity index (χ3n) is 4.38. The number of hydrogen-bond acceptors (Lipinski definition) is 4. The van der Waals surface area contributed by atoms with E-state index in [1.807, 2.05) is 25.1 Å². The van der Waals surface area contributed by atoms with Gasteiger partial charge in [0.2, 0.25) is 0 Å². The summed E-state index contributed by atoms with van der Waals surface area (Å²) in [6, 6.07) is 8.18. The standard InChI is InChI=1S/C20H28N4OS/c1-4-21-20(23-12-19-24-14(2)15(3)26-19)22-11-17-7-5-6-8-18(17)25-13-16-9-10-16/h5-8,16H,4,9-13H2,1-3H3,(H2,21,22,23). The van der Waals surface area contributed by atoms with Crippen LogP contribution in [0, 0.1) is 19.8 Å². The van der Waals surface area contributed by atoms with Crippen LogP contribution >= 0.6 is 11.3 Å². The number of nitrogens with one attached hydrogen (secondary N) is 2. The zero-order valence-electron chi connectivity index (χ0n) is 15.8. The van der Waals surface area contributed by atoms with E-state index in [1.54, 1.807) is 11.3 Å². The lowest BCUT2D eigenvalue weighted by molar-refractivity contribution is 0.297. The van der Waals surface area contributed by atoms with Crippen LogP contribution in [0.15, 0.2) is 29.3 Å². The molecule has 0 atom stereocenters. The van der Waals surface area contributed by atoms with Gasteiger partial charge in [-0.1, -0.05) is 18.2 Å². The van der Waals surface area contributed by atoms with Gasteiger partial charge in [-0.05, 0) is 45.6 Å². The molecule has 0 radical (unpaired) electrons. The largest absolute Gasteiger partial charge is 0.493 e. The van der Waals surface area contributed by atoms with E-state index in [9.17, 15) is 0 Å². The molecule has 2 aromatic rings. The lowest BCUT2D eigenvalue weighted by Gasteiger charge is -2.12. The molecule has 1 saturated carbocycles. The molecule has 1 aromatic heterocycles. The Balaban J connectivity index is 1.61. The topological polar surface area (TPSA) is 58.5 Å². The van der Waals surface area contributed by atoms with E-state index >= 15 is 0 Å². The van der Waals surface area contributed by atoms with E-state index in [0.717, 1.165) is 47.0 Å². The smallest absolute Gasteiger partial charge is 0.191 e. The maximum Gasteiger partial charge on any atom is 0.191 e. The Bertz CT molecular complexity index is 733. The quantitative estimate of drug-likeness (QED) is 0.546. The molecule has 3 rings (SSSR count). The molecule has 0 aliphatic heterocycles. The van der Waals surface area contributed by atoms with Crippen LogP contribution in [0.5, 0.6) is 5.75 Å². The van der Waals surface area contributed by atoms with E-state index in [4.69, 9.17) is 9.73 Å². The molecule has 0 spiro atoms. The molecular formula is C20H28N4OS. The molecule has 5 nitrogen and oxygen atoms in total. The first-order chi connectivity index (χ1) is 12.7. The summed E-state index contributed by atoms with van der Waals surface area (Å²) in [6.45, 7) is 9.14. The van der Waals surface area contributed by atoms with Gasteiger partial charge < -0.3 is 15.4 Å². The summed E-state index contributed by atoms with van der Waals surface area (Å²) in [7, 11) is 0. The van der Waals surface area contributed by atoms with Crippen LogP contribution in [0.2, 0.25) is 0 Å². The molecule has 0 unspecified atom stereocenters. The summed E-state index contributed by atoms with van der Waals surface area (Å²) in [5.74, 6) is 2.50. The molecule has 26 heavy (non-hydrogen) atoms. The Labute approximate surface area is 159 Å². The number of nitrogens with zero attached hydrogens (tertiary/aromatic N) is 2. The van der Waals surface area contributed by atoms with Crippen LogP contribution in [0.4, 0.5) is 0 Å². The summed E-state index contributed by atoms with van der Waals surface area (Å²) in [4.78, 5) is 10.6. The van der Waals surface area contributed by atoms with Crippen molar-refractivity contribution in [3.8, 4) is 5.75 Å². The van der Waals surface area contributed by atoms with Crippen molar-refractivity contribution in [1.82, 2.24) is 15.6 Å². The molecule has 2 N–H and O–H groups in total. The number of hydrogen-bond donors (Lipinski definition) is 2. The fourth-order valence-corrected chi connectivity index (χ4v) is 3.42. The van der Waals surface area contributed by atoms with Gasteiger partial charge >= 0.3 is 0 Å². The van der Waals surface area contributed by atoms with Gasteiger partial charge in [-0.3, -0.25) is 0 Å². The molecule has 1 aliphatic rings. The number of aromatic nitrogens is 1. The lowest BCUT2D eigenvalue weighted by Crippen LogP contribution is -2.36. The maximum absolute atomic E-state index is 5.98. The van der Waals surface area contributed by atoms with Crippen molar-refractivity contribution in [2.75, 3.05) is 13.2 Å². The van der Waals surface area contributed by atoms with Gasteiger partial charge in [0.15, 0.2) is 5.96 Å². The van der Waals surface area contributed by atoms with Crippen LogP contribution in [0.25, 0.3) is 0 Å². The number of benzene rings is 1. The highest BCUT2D eigenvalue weighted by Gasteiger charge is 2.22. The van der Waals surface area contributed by atoms with Crippen molar-refractivity contribution < 1.29 is 4.74 Å². The third-order valence-corrected chi connectivity index (χ3v) is 5.45. The minimum atomic E-state index is 0.589. The number of thiazole rings is 1. The van der Waals surface area contributed by atoms with Crippen LogP contribution in [-0.2, 0) is 13.1 Å². The van der Waals surface area contributed by atoms with Gasteiger partial charge in [0.25, 0.3) is 0 Å². The van der Waals surface area contributed by atoms with Gasteiger partial charge in [-0.15, -0.1) is 11.3 Å². The van der Waals surface area contributed by atoms with Crippen molar-refractivity contribution in [1.29, 1.82) is 0 Å². The van der Waals surface area contributed by atoms with Gasteiger partial charge in [0.05, 0.1) is 25.4 Å². The van der Waals surface area contributed by atoms with E-state index in [-0.39, 0.29) is 0 Å². The molecule has 0 bridgehead atoms. The van der Waals surface area contributed by atoms with Crippen LogP contribution < -0.4 is 15.4 Å². The van der Waals surface area contributed by atoms with Gasteiger partial charge in [0, 0.05) is 17.0 Å². The molecule has 0 amide bonds. The van der Waals surface area contributed by atoms with Crippen LogP contribution in [0.1, 0.15) is 40.9 Å². The number of ether oxygens (including phenoxy) is 1. The molecule has 0 saturated heterocycles. The average molecular weight is 373 g/mol. The number of para-hydroxylation sites is 1. The molecule has 1 aliphatic carbocycles. The zero-order chi connectivity index (χ0) is 18.4. The zero-order valence-corrected chi connectivity index (χ0v) is 16.7.